The number of nitrogens with one attached hydrogen (secondary N) is 1. The fourth-order valence-electron chi connectivity index (χ4n) is 6.68. The molecule has 2 fully saturated rings. The van der Waals surface area contributed by atoms with E-state index in [9.17, 15) is 0 Å². The summed E-state index contributed by atoms with van der Waals surface area (Å²) in [5.74, 6) is 2.00. The second-order valence-electron chi connectivity index (χ2n) is 12.6. The fourth-order valence-corrected chi connectivity index (χ4v) is 6.68. The zero-order chi connectivity index (χ0) is 26.4. The Hall–Kier alpha value is -1.74. The van der Waals surface area contributed by atoms with Gasteiger partial charge >= 0.3 is 0 Å². The van der Waals surface area contributed by atoms with Crippen LogP contribution < -0.4 is 11.5 Å². The molecule has 4 rings (SSSR count). The predicted molar refractivity (Wildman–Crippen MR) is 151 cm³/mol. The van der Waals surface area contributed by atoms with E-state index in [2.05, 4.69) is 65.0 Å². The van der Waals surface area contributed by atoms with Gasteiger partial charge in [-0.15, -0.1) is 0 Å². The molecule has 0 aliphatic heterocycles. The molecule has 208 valence electrons. The lowest BCUT2D eigenvalue weighted by Crippen LogP contribution is -2.30. The van der Waals surface area contributed by atoms with E-state index in [1.54, 1.807) is 0 Å². The van der Waals surface area contributed by atoms with Gasteiger partial charge in [0.25, 0.3) is 0 Å². The van der Waals surface area contributed by atoms with Crippen LogP contribution in [0.4, 0.5) is 0 Å². The number of aromatic nitrogens is 4. The van der Waals surface area contributed by atoms with Crippen LogP contribution in [0.5, 0.6) is 0 Å². The van der Waals surface area contributed by atoms with Crippen molar-refractivity contribution in [3.8, 4) is 0 Å². The molecule has 0 spiro atoms. The number of H-pyrrole nitrogens is 1. The van der Waals surface area contributed by atoms with Crippen molar-refractivity contribution < 1.29 is 0 Å². The summed E-state index contributed by atoms with van der Waals surface area (Å²) in [6.45, 7) is 10.9. The van der Waals surface area contributed by atoms with Gasteiger partial charge < -0.3 is 21.3 Å². The highest BCUT2D eigenvalue weighted by molar-refractivity contribution is 5.23. The molecular formula is C29H52N8. The molecule has 2 aromatic heterocycles. The summed E-state index contributed by atoms with van der Waals surface area (Å²) in [5, 5.41) is 13.1. The van der Waals surface area contributed by atoms with E-state index >= 15 is 0 Å². The van der Waals surface area contributed by atoms with Crippen molar-refractivity contribution in [2.75, 3.05) is 40.3 Å². The highest BCUT2D eigenvalue weighted by Crippen LogP contribution is 2.44. The normalized spacial score (nSPS) is 26.9. The molecular weight excluding hydrogens is 460 g/mol. The maximum absolute atomic E-state index is 5.84. The third-order valence-corrected chi connectivity index (χ3v) is 9.05. The van der Waals surface area contributed by atoms with Crippen molar-refractivity contribution in [3.63, 3.8) is 0 Å². The zero-order valence-electron chi connectivity index (χ0n) is 23.9. The topological polar surface area (TPSA) is 105 Å². The lowest BCUT2D eigenvalue weighted by atomic mass is 9.70. The number of hydrogen-bond donors (Lipinski definition) is 3. The van der Waals surface area contributed by atoms with E-state index in [4.69, 9.17) is 16.6 Å². The van der Waals surface area contributed by atoms with Gasteiger partial charge in [-0.2, -0.15) is 10.2 Å². The molecule has 2 saturated carbocycles. The Labute approximate surface area is 224 Å². The molecule has 0 radical (unpaired) electrons. The third kappa shape index (κ3) is 7.43. The zero-order valence-corrected chi connectivity index (χ0v) is 23.9. The van der Waals surface area contributed by atoms with Gasteiger partial charge in [-0.05, 0) is 64.0 Å². The highest BCUT2D eigenvalue weighted by atomic mass is 15.3. The molecule has 0 unspecified atom stereocenters. The first-order valence-corrected chi connectivity index (χ1v) is 14.7. The Bertz CT molecular complexity index is 949. The van der Waals surface area contributed by atoms with Crippen molar-refractivity contribution in [2.24, 2.45) is 22.8 Å². The van der Waals surface area contributed by atoms with Crippen LogP contribution in [0.15, 0.2) is 12.4 Å². The Morgan fingerprint density at radius 3 is 2.14 bits per heavy atom. The van der Waals surface area contributed by atoms with Crippen LogP contribution in [0.1, 0.15) is 99.6 Å². The first-order chi connectivity index (χ1) is 17.8. The summed E-state index contributed by atoms with van der Waals surface area (Å²) >= 11 is 0. The van der Waals surface area contributed by atoms with Gasteiger partial charge in [0.2, 0.25) is 0 Å². The smallest absolute Gasteiger partial charge is 0.0700 e. The largest absolute Gasteiger partial charge is 0.329 e. The van der Waals surface area contributed by atoms with E-state index in [0.29, 0.717) is 24.9 Å². The average molecular weight is 513 g/mol. The second kappa shape index (κ2) is 12.9. The van der Waals surface area contributed by atoms with Crippen LogP contribution in [0.2, 0.25) is 0 Å². The molecule has 0 aromatic carbocycles. The summed E-state index contributed by atoms with van der Waals surface area (Å²) in [7, 11) is 4.31. The highest BCUT2D eigenvalue weighted by Gasteiger charge is 2.35. The number of hydrogen-bond acceptors (Lipinski definition) is 6. The first kappa shape index (κ1) is 28.3. The number of nitrogens with two attached hydrogens (primary N) is 2. The molecule has 5 N–H and O–H groups in total. The van der Waals surface area contributed by atoms with E-state index in [1.165, 1.54) is 73.9 Å². The van der Waals surface area contributed by atoms with Crippen molar-refractivity contribution in [3.05, 3.63) is 34.9 Å². The van der Waals surface area contributed by atoms with Gasteiger partial charge in [-0.25, -0.2) is 0 Å². The van der Waals surface area contributed by atoms with Crippen LogP contribution in [0, 0.1) is 11.3 Å². The molecule has 0 saturated heterocycles. The Morgan fingerprint density at radius 1 is 0.919 bits per heavy atom. The number of likely N-dealkylation sites (N-methyl/N-ethyl adjacent to an activating group) is 2. The van der Waals surface area contributed by atoms with Gasteiger partial charge in [0.05, 0.1) is 11.4 Å². The first-order valence-electron chi connectivity index (χ1n) is 14.7. The molecule has 2 aromatic rings. The molecule has 37 heavy (non-hydrogen) atoms. The summed E-state index contributed by atoms with van der Waals surface area (Å²) in [5.41, 5.74) is 17.2. The number of rotatable bonds is 12. The summed E-state index contributed by atoms with van der Waals surface area (Å²) in [6, 6.07) is 0. The van der Waals surface area contributed by atoms with Crippen LogP contribution in [-0.4, -0.2) is 70.1 Å². The van der Waals surface area contributed by atoms with Crippen LogP contribution >= 0.6 is 0 Å². The van der Waals surface area contributed by atoms with E-state index in [-0.39, 0.29) is 5.41 Å². The molecule has 2 aliphatic rings. The van der Waals surface area contributed by atoms with Gasteiger partial charge in [-0.1, -0.05) is 26.7 Å². The van der Waals surface area contributed by atoms with Gasteiger partial charge in [0, 0.05) is 81.2 Å². The molecule has 2 aliphatic carbocycles. The van der Waals surface area contributed by atoms with E-state index in [1.807, 2.05) is 0 Å². The maximum Gasteiger partial charge on any atom is 0.0700 e. The third-order valence-electron chi connectivity index (χ3n) is 9.05. The minimum Gasteiger partial charge on any atom is -0.329 e. The second-order valence-corrected chi connectivity index (χ2v) is 12.6. The average Bonchev–Trinajstić information content (AvgIpc) is 3.47. The van der Waals surface area contributed by atoms with Crippen molar-refractivity contribution >= 4 is 0 Å². The quantitative estimate of drug-likeness (QED) is 0.396. The van der Waals surface area contributed by atoms with Crippen LogP contribution in [0.3, 0.4) is 0 Å². The van der Waals surface area contributed by atoms with E-state index < -0.39 is 0 Å². The molecule has 0 amide bonds. The summed E-state index contributed by atoms with van der Waals surface area (Å²) in [6.07, 6.45) is 14.4. The van der Waals surface area contributed by atoms with Crippen molar-refractivity contribution in [1.82, 2.24) is 29.8 Å². The van der Waals surface area contributed by atoms with Crippen molar-refractivity contribution in [1.29, 1.82) is 0 Å². The molecule has 8 nitrogen and oxygen atoms in total. The SMILES string of the molecule is CC1CCC(c2nn(CC3(C)CCC(c4n[nH]cc4CN(C)CCN)CC3)cc2CN(C)CCN)CC1. The van der Waals surface area contributed by atoms with Gasteiger partial charge in [0.15, 0.2) is 0 Å². The minimum absolute atomic E-state index is 0.272. The van der Waals surface area contributed by atoms with Crippen LogP contribution in [0.25, 0.3) is 0 Å². The summed E-state index contributed by atoms with van der Waals surface area (Å²) in [4.78, 5) is 4.63. The summed E-state index contributed by atoms with van der Waals surface area (Å²) < 4.78 is 2.29. The Balaban J connectivity index is 1.42. The molecule has 2 heterocycles. The predicted octanol–water partition coefficient (Wildman–Crippen LogP) is 4.05. The number of aromatic amines is 1. The number of nitrogens with zero attached hydrogens (tertiary/aromatic N) is 5. The fraction of sp³-hybridized carbons (Fsp3) is 0.793. The Morgan fingerprint density at radius 2 is 1.51 bits per heavy atom. The maximum atomic E-state index is 5.84. The monoisotopic (exact) mass is 512 g/mol. The van der Waals surface area contributed by atoms with Gasteiger partial charge in [0.1, 0.15) is 0 Å². The molecule has 8 heteroatoms. The molecule has 0 bridgehead atoms. The standard InChI is InChI=1S/C29H52N8/c1-22-5-7-23(8-6-22)28-26(19-36(4)16-14-31)20-37(34-28)21-29(2)11-9-24(10-12-29)27-25(17-32-33-27)18-35(3)15-13-30/h17,20,22-24H,5-16,18-19,21,30-31H2,1-4H3,(H,32,33). The van der Waals surface area contributed by atoms with E-state index in [0.717, 1.165) is 38.6 Å². The van der Waals surface area contributed by atoms with Crippen molar-refractivity contribution in [2.45, 2.75) is 96.7 Å². The lowest BCUT2D eigenvalue weighted by Gasteiger charge is -2.37. The minimum atomic E-state index is 0.272. The lowest BCUT2D eigenvalue weighted by molar-refractivity contribution is 0.160. The van der Waals surface area contributed by atoms with Crippen LogP contribution in [-0.2, 0) is 19.6 Å². The molecule has 0 atom stereocenters. The van der Waals surface area contributed by atoms with Gasteiger partial charge in [-0.3, -0.25) is 9.78 Å². The Kier molecular flexibility index (Phi) is 9.84.